The zero-order valence-corrected chi connectivity index (χ0v) is 12.5. The molecule has 4 nitrogen and oxygen atoms in total. The summed E-state index contributed by atoms with van der Waals surface area (Å²) in [6, 6.07) is 3.72. The molecule has 0 spiro atoms. The van der Waals surface area contributed by atoms with Crippen molar-refractivity contribution in [3.63, 3.8) is 0 Å². The molecule has 0 saturated carbocycles. The second-order valence-electron chi connectivity index (χ2n) is 5.05. The number of hydrogen-bond acceptors (Lipinski definition) is 4. The Hall–Kier alpha value is -1.14. The number of sulfone groups is 1. The standard InChI is InChI=1S/C13H20FNO3S/c1-13(2,18-3)7-8-15-12-9-10(19(4,16)17)5-6-11(12)14/h5-6,9,15H,7-8H2,1-4H3. The summed E-state index contributed by atoms with van der Waals surface area (Å²) >= 11 is 0. The van der Waals surface area contributed by atoms with E-state index in [-0.39, 0.29) is 16.2 Å². The van der Waals surface area contributed by atoms with E-state index in [4.69, 9.17) is 4.74 Å². The molecule has 0 atom stereocenters. The molecular formula is C13H20FNO3S. The van der Waals surface area contributed by atoms with E-state index < -0.39 is 15.7 Å². The van der Waals surface area contributed by atoms with E-state index in [0.717, 1.165) is 12.3 Å². The Bertz CT molecular complexity index is 541. The van der Waals surface area contributed by atoms with E-state index in [9.17, 15) is 12.8 Å². The maximum atomic E-state index is 13.6. The summed E-state index contributed by atoms with van der Waals surface area (Å²) in [5.74, 6) is -0.470. The normalized spacial score (nSPS) is 12.5. The summed E-state index contributed by atoms with van der Waals surface area (Å²) < 4.78 is 41.6. The van der Waals surface area contributed by atoms with Gasteiger partial charge in [-0.25, -0.2) is 12.8 Å². The summed E-state index contributed by atoms with van der Waals surface area (Å²) in [4.78, 5) is 0.0994. The maximum Gasteiger partial charge on any atom is 0.175 e. The molecule has 108 valence electrons. The maximum absolute atomic E-state index is 13.6. The number of halogens is 1. The lowest BCUT2D eigenvalue weighted by Gasteiger charge is -2.23. The summed E-state index contributed by atoms with van der Waals surface area (Å²) in [5.41, 5.74) is -0.118. The van der Waals surface area contributed by atoms with Crippen LogP contribution in [-0.2, 0) is 14.6 Å². The van der Waals surface area contributed by atoms with Crippen LogP contribution in [0.5, 0.6) is 0 Å². The molecule has 1 N–H and O–H groups in total. The van der Waals surface area contributed by atoms with E-state index in [1.807, 2.05) is 13.8 Å². The van der Waals surface area contributed by atoms with Crippen molar-refractivity contribution >= 4 is 15.5 Å². The molecule has 1 aromatic rings. The molecule has 1 rings (SSSR count). The average Bonchev–Trinajstić information content (AvgIpc) is 2.30. The lowest BCUT2D eigenvalue weighted by molar-refractivity contribution is 0.0184. The molecule has 0 bridgehead atoms. The first kappa shape index (κ1) is 15.9. The molecule has 0 saturated heterocycles. The third-order valence-corrected chi connectivity index (χ3v) is 4.07. The topological polar surface area (TPSA) is 55.4 Å². The molecule has 0 amide bonds. The van der Waals surface area contributed by atoms with Crippen molar-refractivity contribution in [1.82, 2.24) is 0 Å². The Morgan fingerprint density at radius 1 is 1.37 bits per heavy atom. The average molecular weight is 289 g/mol. The first-order valence-electron chi connectivity index (χ1n) is 5.94. The molecule has 0 aliphatic heterocycles. The molecule has 0 aliphatic carbocycles. The monoisotopic (exact) mass is 289 g/mol. The first-order chi connectivity index (χ1) is 8.65. The van der Waals surface area contributed by atoms with Gasteiger partial charge in [0.05, 0.1) is 16.2 Å². The highest BCUT2D eigenvalue weighted by Crippen LogP contribution is 2.20. The molecule has 0 aromatic heterocycles. The van der Waals surface area contributed by atoms with E-state index in [1.54, 1.807) is 7.11 Å². The largest absolute Gasteiger partial charge is 0.383 e. The zero-order valence-electron chi connectivity index (χ0n) is 11.7. The number of rotatable bonds is 6. The van der Waals surface area contributed by atoms with E-state index in [2.05, 4.69) is 5.32 Å². The van der Waals surface area contributed by atoms with Crippen molar-refractivity contribution in [1.29, 1.82) is 0 Å². The van der Waals surface area contributed by atoms with Gasteiger partial charge in [-0.1, -0.05) is 0 Å². The lowest BCUT2D eigenvalue weighted by atomic mass is 10.1. The second kappa shape index (κ2) is 5.88. The fourth-order valence-electron chi connectivity index (χ4n) is 1.47. The molecule has 1 aromatic carbocycles. The van der Waals surface area contributed by atoms with Crippen LogP contribution in [-0.4, -0.2) is 33.9 Å². The number of hydrogen-bond donors (Lipinski definition) is 1. The molecule has 0 radical (unpaired) electrons. The number of anilines is 1. The van der Waals surface area contributed by atoms with Crippen LogP contribution in [0, 0.1) is 5.82 Å². The third-order valence-electron chi connectivity index (χ3n) is 2.96. The SMILES string of the molecule is COC(C)(C)CCNc1cc(S(C)(=O)=O)ccc1F. The van der Waals surface area contributed by atoms with Crippen LogP contribution < -0.4 is 5.32 Å². The van der Waals surface area contributed by atoms with Crippen molar-refractivity contribution < 1.29 is 17.5 Å². The van der Waals surface area contributed by atoms with Gasteiger partial charge >= 0.3 is 0 Å². The summed E-state index contributed by atoms with van der Waals surface area (Å²) in [6.07, 6.45) is 1.77. The molecule has 0 heterocycles. The van der Waals surface area contributed by atoms with Crippen molar-refractivity contribution in [3.8, 4) is 0 Å². The smallest absolute Gasteiger partial charge is 0.175 e. The van der Waals surface area contributed by atoms with Gasteiger partial charge in [-0.15, -0.1) is 0 Å². The summed E-state index contributed by atoms with van der Waals surface area (Å²) in [6.45, 7) is 4.35. The molecule has 0 fully saturated rings. The van der Waals surface area contributed by atoms with Crippen LogP contribution >= 0.6 is 0 Å². The number of ether oxygens (including phenoxy) is 1. The quantitative estimate of drug-likeness (QED) is 0.817. The van der Waals surface area contributed by atoms with Crippen LogP contribution in [0.4, 0.5) is 10.1 Å². The van der Waals surface area contributed by atoms with Crippen LogP contribution in [0.25, 0.3) is 0 Å². The van der Waals surface area contributed by atoms with Gasteiger partial charge in [0.25, 0.3) is 0 Å². The second-order valence-corrected chi connectivity index (χ2v) is 7.07. The molecule has 0 unspecified atom stereocenters. The summed E-state index contributed by atoms with van der Waals surface area (Å²) in [5, 5.41) is 2.90. The minimum Gasteiger partial charge on any atom is -0.383 e. The Morgan fingerprint density at radius 3 is 2.53 bits per heavy atom. The van der Waals surface area contributed by atoms with Crippen molar-refractivity contribution in [3.05, 3.63) is 24.0 Å². The predicted molar refractivity (Wildman–Crippen MR) is 73.7 cm³/mol. The highest BCUT2D eigenvalue weighted by Gasteiger charge is 2.16. The van der Waals surface area contributed by atoms with Gasteiger partial charge < -0.3 is 10.1 Å². The molecule has 0 aliphatic rings. The Labute approximate surface area is 113 Å². The van der Waals surface area contributed by atoms with Gasteiger partial charge in [-0.2, -0.15) is 0 Å². The molecule has 19 heavy (non-hydrogen) atoms. The van der Waals surface area contributed by atoms with Gasteiger partial charge in [0.15, 0.2) is 9.84 Å². The zero-order chi connectivity index (χ0) is 14.7. The van der Waals surface area contributed by atoms with Gasteiger partial charge in [0.2, 0.25) is 0 Å². The predicted octanol–water partition coefficient (Wildman–Crippen LogP) is 2.46. The van der Waals surface area contributed by atoms with Gasteiger partial charge in [-0.3, -0.25) is 0 Å². The Balaban J connectivity index is 2.79. The van der Waals surface area contributed by atoms with Crippen molar-refractivity contribution in [2.75, 3.05) is 25.2 Å². The number of nitrogens with one attached hydrogen (secondary N) is 1. The minimum atomic E-state index is -3.33. The first-order valence-corrected chi connectivity index (χ1v) is 7.83. The van der Waals surface area contributed by atoms with E-state index in [1.165, 1.54) is 12.1 Å². The highest BCUT2D eigenvalue weighted by molar-refractivity contribution is 7.90. The van der Waals surface area contributed by atoms with Crippen LogP contribution in [0.3, 0.4) is 0 Å². The Kier molecular flexibility index (Phi) is 4.92. The highest BCUT2D eigenvalue weighted by atomic mass is 32.2. The molecular weight excluding hydrogens is 269 g/mol. The summed E-state index contributed by atoms with van der Waals surface area (Å²) in [7, 11) is -1.72. The molecule has 6 heteroatoms. The Morgan fingerprint density at radius 2 is 2.00 bits per heavy atom. The van der Waals surface area contributed by atoms with Crippen molar-refractivity contribution in [2.24, 2.45) is 0 Å². The fourth-order valence-corrected chi connectivity index (χ4v) is 2.12. The van der Waals surface area contributed by atoms with E-state index >= 15 is 0 Å². The number of benzene rings is 1. The van der Waals surface area contributed by atoms with Crippen LogP contribution in [0.1, 0.15) is 20.3 Å². The third kappa shape index (κ3) is 4.80. The minimum absolute atomic E-state index is 0.0994. The van der Waals surface area contributed by atoms with Crippen molar-refractivity contribution in [2.45, 2.75) is 30.8 Å². The lowest BCUT2D eigenvalue weighted by Crippen LogP contribution is -2.26. The fraction of sp³-hybridized carbons (Fsp3) is 0.538. The van der Waals surface area contributed by atoms with E-state index in [0.29, 0.717) is 13.0 Å². The number of methoxy groups -OCH3 is 1. The van der Waals surface area contributed by atoms with Gasteiger partial charge in [0, 0.05) is 19.9 Å². The van der Waals surface area contributed by atoms with Crippen LogP contribution in [0.2, 0.25) is 0 Å². The van der Waals surface area contributed by atoms with Gasteiger partial charge in [0.1, 0.15) is 5.82 Å². The van der Waals surface area contributed by atoms with Gasteiger partial charge in [-0.05, 0) is 38.5 Å². The van der Waals surface area contributed by atoms with Crippen LogP contribution in [0.15, 0.2) is 23.1 Å².